The third kappa shape index (κ3) is 5.80. The minimum Gasteiger partial charge on any atom is -0.490 e. The van der Waals surface area contributed by atoms with Gasteiger partial charge in [-0.3, -0.25) is 0 Å². The van der Waals surface area contributed by atoms with E-state index in [2.05, 4.69) is 30.9 Å². The molecule has 25 heavy (non-hydrogen) atoms. The fraction of sp³-hybridized carbons (Fsp3) is 0.348. The second-order valence-electron chi connectivity index (χ2n) is 7.00. The summed E-state index contributed by atoms with van der Waals surface area (Å²) in [6, 6.07) is 16.3. The van der Waals surface area contributed by atoms with Gasteiger partial charge in [0.2, 0.25) is 0 Å². The lowest BCUT2D eigenvalue weighted by Crippen LogP contribution is -2.04. The van der Waals surface area contributed by atoms with Gasteiger partial charge in [0.1, 0.15) is 11.5 Å². The van der Waals surface area contributed by atoms with Gasteiger partial charge in [-0.25, -0.2) is 0 Å². The van der Waals surface area contributed by atoms with E-state index in [0.717, 1.165) is 23.3 Å². The largest absolute Gasteiger partial charge is 0.490 e. The zero-order valence-corrected chi connectivity index (χ0v) is 14.9. The summed E-state index contributed by atoms with van der Waals surface area (Å²) < 4.78 is 5.74. The molecule has 0 aliphatic heterocycles. The molecule has 2 heteroatoms. The van der Waals surface area contributed by atoms with E-state index in [9.17, 15) is 4.79 Å². The van der Waals surface area contributed by atoms with Crippen LogP contribution >= 0.6 is 0 Å². The predicted molar refractivity (Wildman–Crippen MR) is 101 cm³/mol. The Morgan fingerprint density at radius 2 is 1.60 bits per heavy atom. The monoisotopic (exact) mass is 332 g/mol. The van der Waals surface area contributed by atoms with Crippen molar-refractivity contribution in [2.24, 2.45) is 5.92 Å². The van der Waals surface area contributed by atoms with Crippen molar-refractivity contribution in [3.05, 3.63) is 65.2 Å². The molecule has 128 valence electrons. The molecule has 1 unspecified atom stereocenters. The van der Waals surface area contributed by atoms with Crippen molar-refractivity contribution in [1.29, 1.82) is 0 Å². The van der Waals surface area contributed by atoms with Crippen LogP contribution in [0.1, 0.15) is 49.8 Å². The fourth-order valence-corrected chi connectivity index (χ4v) is 2.83. The number of rotatable bonds is 6. The van der Waals surface area contributed by atoms with Crippen LogP contribution in [-0.2, 0) is 11.2 Å². The van der Waals surface area contributed by atoms with E-state index in [4.69, 9.17) is 4.74 Å². The minimum absolute atomic E-state index is 0.253. The number of benzene rings is 2. The first-order chi connectivity index (χ1) is 12.1. The Balaban J connectivity index is 1.57. The van der Waals surface area contributed by atoms with Gasteiger partial charge >= 0.3 is 0 Å². The highest BCUT2D eigenvalue weighted by Crippen LogP contribution is 2.26. The molecule has 0 heterocycles. The van der Waals surface area contributed by atoms with Crippen LogP contribution in [0.3, 0.4) is 0 Å². The van der Waals surface area contributed by atoms with Gasteiger partial charge in [0.25, 0.3) is 0 Å². The molecule has 0 amide bonds. The molecule has 0 bridgehead atoms. The van der Waals surface area contributed by atoms with Crippen LogP contribution in [0.4, 0.5) is 0 Å². The van der Waals surface area contributed by atoms with Crippen molar-refractivity contribution in [3.8, 4) is 17.6 Å². The molecule has 1 saturated carbocycles. The third-order valence-electron chi connectivity index (χ3n) is 4.21. The Kier molecular flexibility index (Phi) is 5.56. The summed E-state index contributed by atoms with van der Waals surface area (Å²) in [7, 11) is 0. The normalized spacial score (nSPS) is 14.3. The first kappa shape index (κ1) is 17.3. The SMILES string of the molecule is CC(=O)CC(C)Cc1ccc(C#Cc2ccc(OC3CC3)cc2)cc1. The first-order valence-electron chi connectivity index (χ1n) is 8.95. The lowest BCUT2D eigenvalue weighted by molar-refractivity contribution is -0.117. The number of hydrogen-bond donors (Lipinski definition) is 0. The Bertz CT molecular complexity index is 772. The van der Waals surface area contributed by atoms with Crippen LogP contribution in [0, 0.1) is 17.8 Å². The molecule has 2 nitrogen and oxygen atoms in total. The quantitative estimate of drug-likeness (QED) is 0.711. The standard InChI is InChI=1S/C23H24O2/c1-17(15-18(2)24)16-21-7-5-19(6-8-21)3-4-20-9-11-22(12-10-20)25-23-13-14-23/h5-12,17,23H,13-16H2,1-2H3. The third-order valence-corrected chi connectivity index (χ3v) is 4.21. The molecule has 0 spiro atoms. The molecule has 1 atom stereocenters. The average Bonchev–Trinajstić information content (AvgIpc) is 3.39. The Morgan fingerprint density at radius 3 is 2.12 bits per heavy atom. The van der Waals surface area contributed by atoms with Gasteiger partial charge in [0.05, 0.1) is 6.10 Å². The van der Waals surface area contributed by atoms with Crippen molar-refractivity contribution >= 4 is 5.78 Å². The number of ketones is 1. The van der Waals surface area contributed by atoms with Gasteiger partial charge in [-0.15, -0.1) is 0 Å². The molecule has 2 aromatic carbocycles. The maximum atomic E-state index is 11.2. The lowest BCUT2D eigenvalue weighted by Gasteiger charge is -2.09. The summed E-state index contributed by atoms with van der Waals surface area (Å²) in [6.45, 7) is 3.77. The topological polar surface area (TPSA) is 26.3 Å². The van der Waals surface area contributed by atoms with E-state index >= 15 is 0 Å². The molecule has 1 fully saturated rings. The van der Waals surface area contributed by atoms with Gasteiger partial charge in [-0.2, -0.15) is 0 Å². The molecule has 1 aliphatic rings. The van der Waals surface area contributed by atoms with E-state index in [-0.39, 0.29) is 5.78 Å². The maximum Gasteiger partial charge on any atom is 0.130 e. The Morgan fingerprint density at radius 1 is 1.04 bits per heavy atom. The smallest absolute Gasteiger partial charge is 0.130 e. The zero-order valence-electron chi connectivity index (χ0n) is 14.9. The van der Waals surface area contributed by atoms with E-state index in [1.54, 1.807) is 6.92 Å². The summed E-state index contributed by atoms with van der Waals surface area (Å²) in [5.41, 5.74) is 3.24. The van der Waals surface area contributed by atoms with Crippen molar-refractivity contribution < 1.29 is 9.53 Å². The van der Waals surface area contributed by atoms with Crippen LogP contribution in [0.5, 0.6) is 5.75 Å². The Hall–Kier alpha value is -2.53. The van der Waals surface area contributed by atoms with Crippen molar-refractivity contribution in [2.45, 2.75) is 45.6 Å². The lowest BCUT2D eigenvalue weighted by atomic mass is 9.96. The average molecular weight is 332 g/mol. The molecule has 3 rings (SSSR count). The minimum atomic E-state index is 0.253. The summed E-state index contributed by atoms with van der Waals surface area (Å²) in [5.74, 6) is 7.96. The highest BCUT2D eigenvalue weighted by Gasteiger charge is 2.23. The second kappa shape index (κ2) is 8.03. The Labute approximate surface area is 150 Å². The number of Topliss-reactive ketones (excluding diaryl/α,β-unsaturated/α-hetero) is 1. The van der Waals surface area contributed by atoms with E-state index in [1.165, 1.54) is 18.4 Å². The van der Waals surface area contributed by atoms with Gasteiger partial charge in [0.15, 0.2) is 0 Å². The number of carbonyl (C=O) groups excluding carboxylic acids is 1. The van der Waals surface area contributed by atoms with Gasteiger partial charge < -0.3 is 9.53 Å². The van der Waals surface area contributed by atoms with Crippen LogP contribution in [0.15, 0.2) is 48.5 Å². The molecular weight excluding hydrogens is 308 g/mol. The van der Waals surface area contributed by atoms with E-state index < -0.39 is 0 Å². The van der Waals surface area contributed by atoms with Gasteiger partial charge in [-0.05, 0) is 74.1 Å². The number of hydrogen-bond acceptors (Lipinski definition) is 2. The van der Waals surface area contributed by atoms with Crippen LogP contribution < -0.4 is 4.74 Å². The zero-order chi connectivity index (χ0) is 17.6. The van der Waals surface area contributed by atoms with Crippen LogP contribution in [-0.4, -0.2) is 11.9 Å². The molecule has 2 aromatic rings. The molecular formula is C23H24O2. The maximum absolute atomic E-state index is 11.2. The van der Waals surface area contributed by atoms with Gasteiger partial charge in [-0.1, -0.05) is 30.9 Å². The highest BCUT2D eigenvalue weighted by molar-refractivity contribution is 5.75. The van der Waals surface area contributed by atoms with Crippen molar-refractivity contribution in [2.75, 3.05) is 0 Å². The first-order valence-corrected chi connectivity index (χ1v) is 8.95. The molecule has 0 saturated heterocycles. The second-order valence-corrected chi connectivity index (χ2v) is 7.00. The summed E-state index contributed by atoms with van der Waals surface area (Å²) in [6.07, 6.45) is 4.34. The van der Waals surface area contributed by atoms with Gasteiger partial charge in [0, 0.05) is 17.5 Å². The fourth-order valence-electron chi connectivity index (χ4n) is 2.83. The summed E-state index contributed by atoms with van der Waals surface area (Å²) >= 11 is 0. The van der Waals surface area contributed by atoms with E-state index in [1.807, 2.05) is 36.4 Å². The van der Waals surface area contributed by atoms with Crippen LogP contribution in [0.2, 0.25) is 0 Å². The summed E-state index contributed by atoms with van der Waals surface area (Å²) in [5, 5.41) is 0. The van der Waals surface area contributed by atoms with E-state index in [0.29, 0.717) is 18.4 Å². The predicted octanol–water partition coefficient (Wildman–Crippen LogP) is 4.79. The molecule has 0 N–H and O–H groups in total. The molecule has 1 aliphatic carbocycles. The molecule has 0 radical (unpaired) electrons. The van der Waals surface area contributed by atoms with Crippen molar-refractivity contribution in [1.82, 2.24) is 0 Å². The molecule has 0 aromatic heterocycles. The number of carbonyl (C=O) groups is 1. The highest BCUT2D eigenvalue weighted by atomic mass is 16.5. The van der Waals surface area contributed by atoms with Crippen molar-refractivity contribution in [3.63, 3.8) is 0 Å². The van der Waals surface area contributed by atoms with Crippen LogP contribution in [0.25, 0.3) is 0 Å². The number of ether oxygens (including phenoxy) is 1. The summed E-state index contributed by atoms with van der Waals surface area (Å²) in [4.78, 5) is 11.2.